The van der Waals surface area contributed by atoms with Gasteiger partial charge in [0.05, 0.1) is 0 Å². The predicted octanol–water partition coefficient (Wildman–Crippen LogP) is 9.81. The summed E-state index contributed by atoms with van der Waals surface area (Å²) in [5, 5.41) is 0. The van der Waals surface area contributed by atoms with E-state index in [1.165, 1.54) is 51.4 Å². The van der Waals surface area contributed by atoms with E-state index >= 15 is 0 Å². The maximum atomic E-state index is 3.88. The average molecular weight is 369 g/mol. The van der Waals surface area contributed by atoms with Crippen LogP contribution in [0, 0.1) is 35.5 Å². The van der Waals surface area contributed by atoms with Gasteiger partial charge in [-0.3, -0.25) is 0 Å². The standard InChI is InChI=1S/C11H22.C11H18.4CH4/c2*1-4-9-7-10(5-2)11(6-3)8-9;;;;/h9-11H,4-8H2,1-3H3;4-5,9-11H,1-2,6-8H2,3H3;4*1H4. The second kappa shape index (κ2) is 17.9. The molecule has 2 saturated carbocycles. The summed E-state index contributed by atoms with van der Waals surface area (Å²) in [6.45, 7) is 17.0. The van der Waals surface area contributed by atoms with Gasteiger partial charge in [0.25, 0.3) is 0 Å². The van der Waals surface area contributed by atoms with Gasteiger partial charge in [-0.15, -0.1) is 13.2 Å². The highest BCUT2D eigenvalue weighted by atomic mass is 14.4. The SMILES string of the molecule is C.C.C.C.C=CC1CC(C=C)C(CC)C1.CCC1CC(CC)C(CC)C1. The quantitative estimate of drug-likeness (QED) is 0.409. The van der Waals surface area contributed by atoms with E-state index in [4.69, 9.17) is 0 Å². The average Bonchev–Trinajstić information content (AvgIpc) is 3.17. The molecule has 0 N–H and O–H groups in total. The molecule has 0 radical (unpaired) electrons. The Bertz CT molecular complexity index is 304. The van der Waals surface area contributed by atoms with Gasteiger partial charge in [-0.25, -0.2) is 0 Å². The lowest BCUT2D eigenvalue weighted by Crippen LogP contribution is -2.04. The van der Waals surface area contributed by atoms with Gasteiger partial charge in [0.15, 0.2) is 0 Å². The van der Waals surface area contributed by atoms with Crippen molar-refractivity contribution in [2.75, 3.05) is 0 Å². The third-order valence-corrected chi connectivity index (χ3v) is 6.51. The first-order valence-electron chi connectivity index (χ1n) is 9.88. The lowest BCUT2D eigenvalue weighted by molar-refractivity contribution is 0.367. The summed E-state index contributed by atoms with van der Waals surface area (Å²) in [4.78, 5) is 0. The molecule has 2 aliphatic rings. The fourth-order valence-electron chi connectivity index (χ4n) is 4.82. The molecule has 26 heavy (non-hydrogen) atoms. The Morgan fingerprint density at radius 3 is 1.35 bits per heavy atom. The highest BCUT2D eigenvalue weighted by Crippen LogP contribution is 2.41. The van der Waals surface area contributed by atoms with E-state index in [0.29, 0.717) is 0 Å². The third kappa shape index (κ3) is 9.43. The minimum atomic E-state index is 0. The van der Waals surface area contributed by atoms with E-state index in [2.05, 4.69) is 53.0 Å². The largest absolute Gasteiger partial charge is 0.103 e. The minimum absolute atomic E-state index is 0. The minimum Gasteiger partial charge on any atom is -0.103 e. The Balaban J connectivity index is -0.000000161. The van der Waals surface area contributed by atoms with Crippen molar-refractivity contribution in [2.45, 2.75) is 109 Å². The van der Waals surface area contributed by atoms with Crippen molar-refractivity contribution in [3.8, 4) is 0 Å². The van der Waals surface area contributed by atoms with E-state index in [1.54, 1.807) is 0 Å². The van der Waals surface area contributed by atoms with Crippen LogP contribution in [0.2, 0.25) is 0 Å². The molecular weight excluding hydrogens is 312 g/mol. The molecule has 0 amide bonds. The summed E-state index contributed by atoms with van der Waals surface area (Å²) in [6, 6.07) is 0. The molecular formula is C26H56. The molecule has 5 unspecified atom stereocenters. The maximum Gasteiger partial charge on any atom is -0.0202 e. The van der Waals surface area contributed by atoms with Crippen LogP contribution in [-0.4, -0.2) is 0 Å². The molecule has 5 atom stereocenters. The van der Waals surface area contributed by atoms with Gasteiger partial charge in [0.1, 0.15) is 0 Å². The maximum absolute atomic E-state index is 3.88. The van der Waals surface area contributed by atoms with Crippen molar-refractivity contribution in [3.63, 3.8) is 0 Å². The van der Waals surface area contributed by atoms with Crippen molar-refractivity contribution < 1.29 is 0 Å². The summed E-state index contributed by atoms with van der Waals surface area (Å²) in [7, 11) is 0. The first kappa shape index (κ1) is 33.1. The summed E-state index contributed by atoms with van der Waals surface area (Å²) in [5.41, 5.74) is 0. The molecule has 0 nitrogen and oxygen atoms in total. The fraction of sp³-hybridized carbons (Fsp3) is 0.846. The van der Waals surface area contributed by atoms with Crippen LogP contribution in [-0.2, 0) is 0 Å². The van der Waals surface area contributed by atoms with Crippen LogP contribution < -0.4 is 0 Å². The third-order valence-electron chi connectivity index (χ3n) is 6.51. The number of allylic oxidation sites excluding steroid dienone is 2. The van der Waals surface area contributed by atoms with E-state index in [1.807, 2.05) is 0 Å². The van der Waals surface area contributed by atoms with Gasteiger partial charge >= 0.3 is 0 Å². The lowest BCUT2D eigenvalue weighted by Gasteiger charge is -2.14. The zero-order valence-electron chi connectivity index (χ0n) is 15.7. The Labute approximate surface area is 170 Å². The zero-order chi connectivity index (χ0) is 16.5. The zero-order valence-corrected chi connectivity index (χ0v) is 15.7. The molecule has 0 heteroatoms. The predicted molar refractivity (Wildman–Crippen MR) is 128 cm³/mol. The lowest BCUT2D eigenvalue weighted by atomic mass is 9.92. The molecule has 0 bridgehead atoms. The van der Waals surface area contributed by atoms with Gasteiger partial charge in [0.2, 0.25) is 0 Å². The van der Waals surface area contributed by atoms with E-state index in [-0.39, 0.29) is 29.7 Å². The molecule has 0 saturated heterocycles. The number of hydrogen-bond acceptors (Lipinski definition) is 0. The first-order valence-corrected chi connectivity index (χ1v) is 9.88. The van der Waals surface area contributed by atoms with Crippen LogP contribution in [0.3, 0.4) is 0 Å². The molecule has 0 heterocycles. The van der Waals surface area contributed by atoms with Crippen LogP contribution in [0.25, 0.3) is 0 Å². The summed E-state index contributed by atoms with van der Waals surface area (Å²) in [6.07, 6.45) is 15.4. The van der Waals surface area contributed by atoms with Crippen LogP contribution >= 0.6 is 0 Å². The van der Waals surface area contributed by atoms with Crippen molar-refractivity contribution in [2.24, 2.45) is 35.5 Å². The topological polar surface area (TPSA) is 0 Å². The molecule has 2 rings (SSSR count). The van der Waals surface area contributed by atoms with Gasteiger partial charge < -0.3 is 0 Å². The summed E-state index contributed by atoms with van der Waals surface area (Å²) >= 11 is 0. The molecule has 0 aromatic heterocycles. The second-order valence-corrected chi connectivity index (χ2v) is 7.62. The van der Waals surface area contributed by atoms with Crippen molar-refractivity contribution in [3.05, 3.63) is 25.3 Å². The number of hydrogen-bond donors (Lipinski definition) is 0. The normalized spacial score (nSPS) is 31.7. The molecule has 2 aliphatic carbocycles. The summed E-state index contributed by atoms with van der Waals surface area (Å²) < 4.78 is 0. The van der Waals surface area contributed by atoms with Crippen LogP contribution in [0.1, 0.15) is 109 Å². The van der Waals surface area contributed by atoms with Gasteiger partial charge in [-0.1, -0.05) is 95.2 Å². The van der Waals surface area contributed by atoms with Gasteiger partial charge in [-0.05, 0) is 61.2 Å². The smallest absolute Gasteiger partial charge is 0.0202 e. The molecule has 0 aromatic carbocycles. The Kier molecular flexibility index (Phi) is 22.7. The van der Waals surface area contributed by atoms with E-state index in [9.17, 15) is 0 Å². The molecule has 2 fully saturated rings. The Hall–Kier alpha value is -0.520. The van der Waals surface area contributed by atoms with Gasteiger partial charge in [-0.2, -0.15) is 0 Å². The number of rotatable bonds is 6. The van der Waals surface area contributed by atoms with Crippen molar-refractivity contribution in [1.29, 1.82) is 0 Å². The van der Waals surface area contributed by atoms with Crippen LogP contribution in [0.4, 0.5) is 0 Å². The Morgan fingerprint density at radius 1 is 0.615 bits per heavy atom. The Morgan fingerprint density at radius 2 is 1.08 bits per heavy atom. The van der Waals surface area contributed by atoms with Crippen molar-refractivity contribution in [1.82, 2.24) is 0 Å². The van der Waals surface area contributed by atoms with Crippen LogP contribution in [0.5, 0.6) is 0 Å². The first-order chi connectivity index (χ1) is 10.6. The van der Waals surface area contributed by atoms with E-state index < -0.39 is 0 Å². The van der Waals surface area contributed by atoms with Gasteiger partial charge in [0, 0.05) is 0 Å². The highest BCUT2D eigenvalue weighted by Gasteiger charge is 2.30. The summed E-state index contributed by atoms with van der Waals surface area (Å²) in [5.74, 6) is 5.56. The molecule has 160 valence electrons. The van der Waals surface area contributed by atoms with E-state index in [0.717, 1.165) is 35.5 Å². The fourth-order valence-corrected chi connectivity index (χ4v) is 4.82. The molecule has 0 spiro atoms. The second-order valence-electron chi connectivity index (χ2n) is 7.62. The monoisotopic (exact) mass is 368 g/mol. The molecule has 0 aliphatic heterocycles. The molecule has 0 aromatic rings. The van der Waals surface area contributed by atoms with Crippen LogP contribution in [0.15, 0.2) is 25.3 Å². The highest BCUT2D eigenvalue weighted by molar-refractivity contribution is 4.97. The van der Waals surface area contributed by atoms with Crippen molar-refractivity contribution >= 4 is 0 Å².